The van der Waals surface area contributed by atoms with Crippen molar-refractivity contribution in [3.8, 4) is 0 Å². The minimum absolute atomic E-state index is 0.0142. The smallest absolute Gasteiger partial charge is 0.223 e. The fraction of sp³-hybridized carbons (Fsp3) is 0.909. The maximum Gasteiger partial charge on any atom is 0.223 e. The van der Waals surface area contributed by atoms with Gasteiger partial charge in [0.1, 0.15) is 0 Å². The highest BCUT2D eigenvalue weighted by molar-refractivity contribution is 5.79. The number of hydrogen-bond donors (Lipinski definition) is 2. The Morgan fingerprint density at radius 3 is 2.57 bits per heavy atom. The van der Waals surface area contributed by atoms with Crippen LogP contribution in [0, 0.1) is 5.92 Å². The Bertz CT molecular complexity index is 193. The van der Waals surface area contributed by atoms with Crippen LogP contribution in [0.2, 0.25) is 0 Å². The standard InChI is InChI=1S/C11H22N2O/c1-4-9(5-2)10(14)13-11(3)6-7-12-8-11/h9,12H,4-8H2,1-3H3,(H,13,14). The first-order valence-electron chi connectivity index (χ1n) is 5.64. The van der Waals surface area contributed by atoms with E-state index in [-0.39, 0.29) is 17.4 Å². The molecule has 1 amide bonds. The van der Waals surface area contributed by atoms with Gasteiger partial charge < -0.3 is 10.6 Å². The van der Waals surface area contributed by atoms with Crippen LogP contribution in [0.4, 0.5) is 0 Å². The van der Waals surface area contributed by atoms with E-state index in [1.807, 2.05) is 0 Å². The minimum Gasteiger partial charge on any atom is -0.349 e. The van der Waals surface area contributed by atoms with Gasteiger partial charge in [-0.2, -0.15) is 0 Å². The first-order chi connectivity index (χ1) is 6.61. The van der Waals surface area contributed by atoms with E-state index in [1.165, 1.54) is 0 Å². The normalized spacial score (nSPS) is 26.9. The summed E-state index contributed by atoms with van der Waals surface area (Å²) >= 11 is 0. The van der Waals surface area contributed by atoms with Gasteiger partial charge in [0.15, 0.2) is 0 Å². The van der Waals surface area contributed by atoms with Crippen molar-refractivity contribution in [3.05, 3.63) is 0 Å². The number of hydrogen-bond acceptors (Lipinski definition) is 2. The van der Waals surface area contributed by atoms with Crippen LogP contribution in [-0.2, 0) is 4.79 Å². The highest BCUT2D eigenvalue weighted by Gasteiger charge is 2.31. The van der Waals surface area contributed by atoms with Gasteiger partial charge in [-0.05, 0) is 32.7 Å². The zero-order valence-electron chi connectivity index (χ0n) is 9.52. The van der Waals surface area contributed by atoms with Crippen molar-refractivity contribution in [1.29, 1.82) is 0 Å². The molecule has 0 aromatic carbocycles. The summed E-state index contributed by atoms with van der Waals surface area (Å²) in [5.74, 6) is 0.411. The van der Waals surface area contributed by atoms with Crippen molar-refractivity contribution in [3.63, 3.8) is 0 Å². The predicted molar refractivity (Wildman–Crippen MR) is 58.1 cm³/mol. The van der Waals surface area contributed by atoms with Crippen molar-refractivity contribution >= 4 is 5.91 Å². The van der Waals surface area contributed by atoms with E-state index < -0.39 is 0 Å². The molecule has 3 heteroatoms. The van der Waals surface area contributed by atoms with Crippen LogP contribution >= 0.6 is 0 Å². The third kappa shape index (κ3) is 2.71. The lowest BCUT2D eigenvalue weighted by molar-refractivity contribution is -0.126. The van der Waals surface area contributed by atoms with Crippen LogP contribution in [0.5, 0.6) is 0 Å². The fourth-order valence-corrected chi connectivity index (χ4v) is 1.98. The molecule has 0 aromatic heterocycles. The van der Waals surface area contributed by atoms with Gasteiger partial charge >= 0.3 is 0 Å². The summed E-state index contributed by atoms with van der Waals surface area (Å²) < 4.78 is 0. The van der Waals surface area contributed by atoms with Crippen LogP contribution in [-0.4, -0.2) is 24.5 Å². The quantitative estimate of drug-likeness (QED) is 0.714. The van der Waals surface area contributed by atoms with Crippen molar-refractivity contribution in [1.82, 2.24) is 10.6 Å². The lowest BCUT2D eigenvalue weighted by Gasteiger charge is -2.26. The van der Waals surface area contributed by atoms with Gasteiger partial charge in [0.25, 0.3) is 0 Å². The topological polar surface area (TPSA) is 41.1 Å². The van der Waals surface area contributed by atoms with Crippen LogP contribution in [0.25, 0.3) is 0 Å². The summed E-state index contributed by atoms with van der Waals surface area (Å²) in [6.45, 7) is 8.18. The molecule has 1 atom stereocenters. The van der Waals surface area contributed by atoms with Gasteiger partial charge in [-0.25, -0.2) is 0 Å². The van der Waals surface area contributed by atoms with Gasteiger partial charge in [0.2, 0.25) is 5.91 Å². The van der Waals surface area contributed by atoms with E-state index in [4.69, 9.17) is 0 Å². The number of nitrogens with one attached hydrogen (secondary N) is 2. The average Bonchev–Trinajstić information content (AvgIpc) is 2.54. The molecule has 1 aliphatic heterocycles. The summed E-state index contributed by atoms with van der Waals surface area (Å²) in [5, 5.41) is 6.43. The predicted octanol–water partition coefficient (Wildman–Crippen LogP) is 1.29. The molecule has 1 aliphatic rings. The van der Waals surface area contributed by atoms with E-state index in [1.54, 1.807) is 0 Å². The summed E-state index contributed by atoms with van der Waals surface area (Å²) in [7, 11) is 0. The third-order valence-electron chi connectivity index (χ3n) is 3.15. The Balaban J connectivity index is 2.46. The first kappa shape index (κ1) is 11.5. The van der Waals surface area contributed by atoms with Crippen molar-refractivity contribution in [2.24, 2.45) is 5.92 Å². The highest BCUT2D eigenvalue weighted by atomic mass is 16.2. The van der Waals surface area contributed by atoms with Crippen LogP contribution in [0.3, 0.4) is 0 Å². The van der Waals surface area contributed by atoms with E-state index in [0.717, 1.165) is 32.4 Å². The largest absolute Gasteiger partial charge is 0.349 e. The molecule has 3 nitrogen and oxygen atoms in total. The Labute approximate surface area is 86.6 Å². The summed E-state index contributed by atoms with van der Waals surface area (Å²) in [4.78, 5) is 11.8. The molecule has 1 saturated heterocycles. The molecule has 1 fully saturated rings. The molecule has 1 unspecified atom stereocenters. The van der Waals surface area contributed by atoms with E-state index in [0.29, 0.717) is 0 Å². The van der Waals surface area contributed by atoms with E-state index in [2.05, 4.69) is 31.4 Å². The maximum atomic E-state index is 11.8. The average molecular weight is 198 g/mol. The second-order valence-corrected chi connectivity index (χ2v) is 4.49. The van der Waals surface area contributed by atoms with Gasteiger partial charge in [0, 0.05) is 12.5 Å². The minimum atomic E-state index is -0.0142. The molecule has 0 saturated carbocycles. The van der Waals surface area contributed by atoms with Gasteiger partial charge in [-0.1, -0.05) is 13.8 Å². The second kappa shape index (κ2) is 4.78. The van der Waals surface area contributed by atoms with Crippen LogP contribution in [0.15, 0.2) is 0 Å². The summed E-state index contributed by atoms with van der Waals surface area (Å²) in [6, 6.07) is 0. The summed E-state index contributed by atoms with van der Waals surface area (Å²) in [5.41, 5.74) is -0.0142. The molecule has 0 aromatic rings. The van der Waals surface area contributed by atoms with Crippen molar-refractivity contribution < 1.29 is 4.79 Å². The molecule has 0 aliphatic carbocycles. The zero-order chi connectivity index (χ0) is 10.6. The Kier molecular flexibility index (Phi) is 3.93. The number of carbonyl (C=O) groups is 1. The Morgan fingerprint density at radius 1 is 1.50 bits per heavy atom. The molecule has 14 heavy (non-hydrogen) atoms. The molecule has 0 spiro atoms. The SMILES string of the molecule is CCC(CC)C(=O)NC1(C)CCNC1. The second-order valence-electron chi connectivity index (χ2n) is 4.49. The molecule has 0 bridgehead atoms. The highest BCUT2D eigenvalue weighted by Crippen LogP contribution is 2.16. The Hall–Kier alpha value is -0.570. The molecule has 0 radical (unpaired) electrons. The number of rotatable bonds is 4. The monoisotopic (exact) mass is 198 g/mol. The number of amides is 1. The lowest BCUT2D eigenvalue weighted by atomic mass is 9.97. The van der Waals surface area contributed by atoms with Gasteiger partial charge in [0.05, 0.1) is 5.54 Å². The molecule has 1 rings (SSSR count). The van der Waals surface area contributed by atoms with Crippen molar-refractivity contribution in [2.45, 2.75) is 45.6 Å². The first-order valence-corrected chi connectivity index (χ1v) is 5.64. The van der Waals surface area contributed by atoms with Crippen LogP contribution in [0.1, 0.15) is 40.0 Å². The van der Waals surface area contributed by atoms with Gasteiger partial charge in [-0.3, -0.25) is 4.79 Å². The number of carbonyl (C=O) groups excluding carboxylic acids is 1. The third-order valence-corrected chi connectivity index (χ3v) is 3.15. The Morgan fingerprint density at radius 2 is 2.14 bits per heavy atom. The van der Waals surface area contributed by atoms with Crippen molar-refractivity contribution in [2.75, 3.05) is 13.1 Å². The molecule has 82 valence electrons. The molecular weight excluding hydrogens is 176 g/mol. The molecule has 2 N–H and O–H groups in total. The lowest BCUT2D eigenvalue weighted by Crippen LogP contribution is -2.49. The van der Waals surface area contributed by atoms with Crippen LogP contribution < -0.4 is 10.6 Å². The van der Waals surface area contributed by atoms with E-state index in [9.17, 15) is 4.79 Å². The summed E-state index contributed by atoms with van der Waals surface area (Å²) in [6.07, 6.45) is 2.91. The van der Waals surface area contributed by atoms with E-state index >= 15 is 0 Å². The maximum absolute atomic E-state index is 11.8. The molecule has 1 heterocycles. The molecular formula is C11H22N2O. The zero-order valence-corrected chi connectivity index (χ0v) is 9.52. The fourth-order valence-electron chi connectivity index (χ4n) is 1.98. The van der Waals surface area contributed by atoms with Gasteiger partial charge in [-0.15, -0.1) is 0 Å².